The molecule has 2 heterocycles. The second kappa shape index (κ2) is 10.4. The number of nitrogens with one attached hydrogen (secondary N) is 1. The molecule has 1 aliphatic rings. The first-order chi connectivity index (χ1) is 18.3. The zero-order valence-corrected chi connectivity index (χ0v) is 22.2. The Bertz CT molecular complexity index is 1730. The van der Waals surface area contributed by atoms with Crippen LogP contribution in [0.1, 0.15) is 49.8 Å². The number of anilines is 1. The minimum atomic E-state index is -3.47. The Morgan fingerprint density at radius 2 is 1.97 bits per heavy atom. The summed E-state index contributed by atoms with van der Waals surface area (Å²) in [6, 6.07) is 18.4. The molecule has 0 unspecified atom stereocenters. The van der Waals surface area contributed by atoms with Gasteiger partial charge in [0.05, 0.1) is 27.5 Å². The summed E-state index contributed by atoms with van der Waals surface area (Å²) in [7, 11) is -3.47. The highest BCUT2D eigenvalue weighted by Gasteiger charge is 2.29. The molecule has 1 aliphatic carbocycles. The zero-order chi connectivity index (χ0) is 26.9. The molecule has 0 spiro atoms. The van der Waals surface area contributed by atoms with Crippen LogP contribution in [-0.4, -0.2) is 23.7 Å². The van der Waals surface area contributed by atoms with Gasteiger partial charge in [0.25, 0.3) is 0 Å². The highest BCUT2D eigenvalue weighted by atomic mass is 35.5. The van der Waals surface area contributed by atoms with Gasteiger partial charge in [-0.3, -0.25) is 4.72 Å². The number of halogens is 1. The molecule has 38 heavy (non-hydrogen) atoms. The van der Waals surface area contributed by atoms with Gasteiger partial charge in [0, 0.05) is 34.9 Å². The molecule has 10 heteroatoms. The standard InChI is InChI=1S/C28H24ClN5O3S/c1-2-13-38(35,36)33-19-8-10-23(25(29)14-19)27-24(17-31)22-11-9-21(15-26(22)34(27)20-6-3-7-20)37-28-18(16-30)5-4-12-32-28/h4-5,8-12,14-15,20,33H,2-3,6-7,13H2,1H3. The lowest BCUT2D eigenvalue weighted by molar-refractivity contribution is 0.324. The van der Waals surface area contributed by atoms with Crippen LogP contribution >= 0.6 is 11.6 Å². The fourth-order valence-corrected chi connectivity index (χ4v) is 6.09. The largest absolute Gasteiger partial charge is 0.438 e. The summed E-state index contributed by atoms with van der Waals surface area (Å²) in [5.74, 6) is 0.717. The SMILES string of the molecule is CCCS(=O)(=O)Nc1ccc(-c2c(C#N)c3ccc(Oc4ncccc4C#N)cc3n2C2CCC2)c(Cl)c1. The van der Waals surface area contributed by atoms with Crippen molar-refractivity contribution in [1.82, 2.24) is 9.55 Å². The molecular formula is C28H24ClN5O3S. The number of fused-ring (bicyclic) bond motifs is 1. The Balaban J connectivity index is 1.63. The van der Waals surface area contributed by atoms with Crippen LogP contribution in [0.5, 0.6) is 11.6 Å². The third-order valence-corrected chi connectivity index (χ3v) is 8.41. The number of hydrogen-bond donors (Lipinski definition) is 1. The van der Waals surface area contributed by atoms with E-state index in [1.165, 1.54) is 0 Å². The number of aromatic nitrogens is 2. The summed E-state index contributed by atoms with van der Waals surface area (Å²) >= 11 is 6.72. The molecule has 4 aromatic rings. The van der Waals surface area contributed by atoms with Gasteiger partial charge in [0.1, 0.15) is 23.5 Å². The van der Waals surface area contributed by atoms with Gasteiger partial charge in [-0.25, -0.2) is 13.4 Å². The fourth-order valence-electron chi connectivity index (χ4n) is 4.69. The highest BCUT2D eigenvalue weighted by molar-refractivity contribution is 7.92. The summed E-state index contributed by atoms with van der Waals surface area (Å²) in [5.41, 5.74) is 3.32. The fraction of sp³-hybridized carbons (Fsp3) is 0.250. The van der Waals surface area contributed by atoms with E-state index >= 15 is 0 Å². The zero-order valence-electron chi connectivity index (χ0n) is 20.6. The first-order valence-electron chi connectivity index (χ1n) is 12.3. The molecule has 0 bridgehead atoms. The van der Waals surface area contributed by atoms with Crippen molar-refractivity contribution in [2.24, 2.45) is 0 Å². The number of nitrogens with zero attached hydrogens (tertiary/aromatic N) is 4. The predicted octanol–water partition coefficient (Wildman–Crippen LogP) is 6.77. The number of nitriles is 2. The van der Waals surface area contributed by atoms with Gasteiger partial charge in [-0.1, -0.05) is 18.5 Å². The molecule has 1 fully saturated rings. The molecule has 0 aliphatic heterocycles. The van der Waals surface area contributed by atoms with Crippen LogP contribution in [0.4, 0.5) is 5.69 Å². The minimum absolute atomic E-state index is 0.0135. The third-order valence-electron chi connectivity index (χ3n) is 6.60. The predicted molar refractivity (Wildman–Crippen MR) is 147 cm³/mol. The monoisotopic (exact) mass is 545 g/mol. The van der Waals surface area contributed by atoms with Gasteiger partial charge in [0.2, 0.25) is 15.9 Å². The van der Waals surface area contributed by atoms with Crippen LogP contribution in [0.2, 0.25) is 5.02 Å². The van der Waals surface area contributed by atoms with E-state index in [1.54, 1.807) is 49.5 Å². The van der Waals surface area contributed by atoms with E-state index < -0.39 is 10.0 Å². The Morgan fingerprint density at radius 1 is 1.16 bits per heavy atom. The molecule has 1 saturated carbocycles. The van der Waals surface area contributed by atoms with Gasteiger partial charge in [-0.15, -0.1) is 0 Å². The Labute approximate surface area is 226 Å². The molecule has 0 amide bonds. The number of hydrogen-bond acceptors (Lipinski definition) is 6. The van der Waals surface area contributed by atoms with E-state index in [-0.39, 0.29) is 17.7 Å². The smallest absolute Gasteiger partial charge is 0.237 e. The van der Waals surface area contributed by atoms with Crippen molar-refractivity contribution in [3.05, 3.63) is 70.9 Å². The van der Waals surface area contributed by atoms with E-state index in [0.29, 0.717) is 45.3 Å². The molecule has 0 radical (unpaired) electrons. The van der Waals surface area contributed by atoms with Crippen LogP contribution in [0.15, 0.2) is 54.7 Å². The molecular weight excluding hydrogens is 522 g/mol. The number of benzene rings is 2. The number of pyridine rings is 1. The maximum absolute atomic E-state index is 12.2. The van der Waals surface area contributed by atoms with E-state index in [1.807, 2.05) is 12.1 Å². The number of rotatable bonds is 8. The summed E-state index contributed by atoms with van der Waals surface area (Å²) in [5, 5.41) is 20.7. The summed E-state index contributed by atoms with van der Waals surface area (Å²) in [6.07, 6.45) is 5.05. The average molecular weight is 546 g/mol. The maximum Gasteiger partial charge on any atom is 0.237 e. The molecule has 2 aromatic heterocycles. The van der Waals surface area contributed by atoms with Crippen LogP contribution in [-0.2, 0) is 10.0 Å². The van der Waals surface area contributed by atoms with Crippen molar-refractivity contribution < 1.29 is 13.2 Å². The first-order valence-corrected chi connectivity index (χ1v) is 14.3. The van der Waals surface area contributed by atoms with E-state index in [4.69, 9.17) is 16.3 Å². The quantitative estimate of drug-likeness (QED) is 0.261. The molecule has 192 valence electrons. The number of ether oxygens (including phenoxy) is 1. The molecule has 2 aromatic carbocycles. The molecule has 8 nitrogen and oxygen atoms in total. The topological polar surface area (TPSA) is 121 Å². The van der Waals surface area contributed by atoms with Crippen LogP contribution in [0, 0.1) is 22.7 Å². The van der Waals surface area contributed by atoms with Crippen molar-refractivity contribution in [3.8, 4) is 35.0 Å². The van der Waals surface area contributed by atoms with Crippen LogP contribution in [0.25, 0.3) is 22.2 Å². The summed E-state index contributed by atoms with van der Waals surface area (Å²) < 4.78 is 35.2. The molecule has 0 saturated heterocycles. The summed E-state index contributed by atoms with van der Waals surface area (Å²) in [4.78, 5) is 4.18. The van der Waals surface area contributed by atoms with Gasteiger partial charge in [-0.2, -0.15) is 10.5 Å². The molecule has 0 atom stereocenters. The highest BCUT2D eigenvalue weighted by Crippen LogP contribution is 2.45. The maximum atomic E-state index is 12.2. The van der Waals surface area contributed by atoms with Gasteiger partial charge in [0.15, 0.2) is 0 Å². The second-order valence-corrected chi connectivity index (χ2v) is 11.4. The van der Waals surface area contributed by atoms with E-state index in [2.05, 4.69) is 26.4 Å². The van der Waals surface area contributed by atoms with Gasteiger partial charge in [-0.05, 0) is 68.1 Å². The lowest BCUT2D eigenvalue weighted by Gasteiger charge is -2.30. The van der Waals surface area contributed by atoms with Crippen molar-refractivity contribution in [2.45, 2.75) is 38.6 Å². The Hall–Kier alpha value is -4.05. The average Bonchev–Trinajstić information content (AvgIpc) is 3.16. The molecule has 1 N–H and O–H groups in total. The first kappa shape index (κ1) is 25.6. The third kappa shape index (κ3) is 4.79. The lowest BCUT2D eigenvalue weighted by Crippen LogP contribution is -2.18. The normalized spacial score (nSPS) is 13.5. The minimum Gasteiger partial charge on any atom is -0.438 e. The molecule has 5 rings (SSSR count). The van der Waals surface area contributed by atoms with Crippen LogP contribution in [0.3, 0.4) is 0 Å². The second-order valence-electron chi connectivity index (χ2n) is 9.15. The van der Waals surface area contributed by atoms with Gasteiger partial charge < -0.3 is 9.30 Å². The Kier molecular flexibility index (Phi) is 6.98. The Morgan fingerprint density at radius 3 is 2.63 bits per heavy atom. The van der Waals surface area contributed by atoms with E-state index in [9.17, 15) is 18.9 Å². The van der Waals surface area contributed by atoms with Crippen molar-refractivity contribution >= 4 is 38.2 Å². The van der Waals surface area contributed by atoms with Crippen molar-refractivity contribution in [2.75, 3.05) is 10.5 Å². The van der Waals surface area contributed by atoms with Crippen molar-refractivity contribution in [1.29, 1.82) is 10.5 Å². The number of sulfonamides is 1. The van der Waals surface area contributed by atoms with Crippen molar-refractivity contribution in [3.63, 3.8) is 0 Å². The van der Waals surface area contributed by atoms with Gasteiger partial charge >= 0.3 is 0 Å². The summed E-state index contributed by atoms with van der Waals surface area (Å²) in [6.45, 7) is 1.80. The van der Waals surface area contributed by atoms with Crippen LogP contribution < -0.4 is 9.46 Å². The van der Waals surface area contributed by atoms with E-state index in [0.717, 1.165) is 30.2 Å². The lowest BCUT2D eigenvalue weighted by atomic mass is 9.92.